The summed E-state index contributed by atoms with van der Waals surface area (Å²) in [5.74, 6) is 0.643. The molecule has 0 aliphatic heterocycles. The van der Waals surface area contributed by atoms with Crippen LogP contribution in [0.25, 0.3) is 89.9 Å². The van der Waals surface area contributed by atoms with Crippen LogP contribution in [-0.4, -0.2) is 24.9 Å². The second kappa shape index (κ2) is 20.5. The van der Waals surface area contributed by atoms with Gasteiger partial charge in [-0.2, -0.15) is 0 Å². The molecule has 4 heterocycles. The Labute approximate surface area is 410 Å². The largest absolute Gasteiger partial charge is 0.256 e. The van der Waals surface area contributed by atoms with Crippen LogP contribution in [0.15, 0.2) is 249 Å². The van der Waals surface area contributed by atoms with Gasteiger partial charge < -0.3 is 0 Å². The lowest BCUT2D eigenvalue weighted by Gasteiger charge is -2.15. The van der Waals surface area contributed by atoms with Crippen LogP contribution in [0, 0.1) is 0 Å². The topological polar surface area (TPSA) is 64.5 Å². The molecule has 0 unspecified atom stereocenters. The fourth-order valence-electron chi connectivity index (χ4n) is 9.13. The molecule has 11 rings (SSSR count). The molecule has 334 valence electrons. The zero-order valence-electron chi connectivity index (χ0n) is 38.7. The van der Waals surface area contributed by atoms with Gasteiger partial charge in [-0.25, -0.2) is 9.97 Å². The molecule has 11 aromatic rings. The van der Waals surface area contributed by atoms with Gasteiger partial charge in [0.25, 0.3) is 0 Å². The number of aromatic nitrogens is 5. The first kappa shape index (κ1) is 43.6. The molecule has 5 heteroatoms. The number of aryl methyl sites for hydroxylation is 4. The van der Waals surface area contributed by atoms with Crippen LogP contribution in [-0.2, 0) is 25.7 Å². The van der Waals surface area contributed by atoms with Gasteiger partial charge in [0.1, 0.15) is 0 Å². The highest BCUT2D eigenvalue weighted by molar-refractivity contribution is 5.85. The Morgan fingerprint density at radius 3 is 1.11 bits per heavy atom. The molecule has 0 fully saturated rings. The van der Waals surface area contributed by atoms with Crippen molar-refractivity contribution in [2.24, 2.45) is 0 Å². The van der Waals surface area contributed by atoms with Crippen molar-refractivity contribution in [1.29, 1.82) is 0 Å². The summed E-state index contributed by atoms with van der Waals surface area (Å²) in [5, 5.41) is 0. The summed E-state index contributed by atoms with van der Waals surface area (Å²) in [5.41, 5.74) is 21.0. The molecule has 5 nitrogen and oxygen atoms in total. The average molecular weight is 900 g/mol. The summed E-state index contributed by atoms with van der Waals surface area (Å²) in [7, 11) is 0. The predicted octanol–water partition coefficient (Wildman–Crippen LogP) is 15.6. The van der Waals surface area contributed by atoms with Crippen LogP contribution in [0.1, 0.15) is 22.3 Å². The van der Waals surface area contributed by atoms with Gasteiger partial charge in [0.2, 0.25) is 0 Å². The highest BCUT2D eigenvalue weighted by Crippen LogP contribution is 2.36. The highest BCUT2D eigenvalue weighted by atomic mass is 14.9. The molecule has 0 saturated heterocycles. The fourth-order valence-corrected chi connectivity index (χ4v) is 9.13. The van der Waals surface area contributed by atoms with E-state index in [-0.39, 0.29) is 0 Å². The number of pyridine rings is 3. The molecular formula is C65H49N5. The molecule has 70 heavy (non-hydrogen) atoms. The summed E-state index contributed by atoms with van der Waals surface area (Å²) >= 11 is 0. The number of hydrogen-bond acceptors (Lipinski definition) is 5. The third-order valence-corrected chi connectivity index (χ3v) is 12.9. The molecule has 0 spiro atoms. The normalized spacial score (nSPS) is 11.1. The Balaban J connectivity index is 0.858. The van der Waals surface area contributed by atoms with Gasteiger partial charge in [0.05, 0.1) is 28.5 Å². The maximum atomic E-state index is 5.01. The SMILES string of the molecule is c1ccc(-c2cc(-c3ccccc3)nc(-c3ccc(-c4ccc(-c5ccccc5-c5cc(CCc6ccc(-c7ccccn7)cc6)cc(CCc6ccc(-c7ccccn7)cc6)c5)cc4)nc3)n2)cc1. The molecule has 0 amide bonds. The summed E-state index contributed by atoms with van der Waals surface area (Å²) in [4.78, 5) is 24.1. The third-order valence-electron chi connectivity index (χ3n) is 12.9. The molecular weight excluding hydrogens is 851 g/mol. The Kier molecular flexibility index (Phi) is 12.8. The summed E-state index contributed by atoms with van der Waals surface area (Å²) in [6.07, 6.45) is 9.34. The van der Waals surface area contributed by atoms with Gasteiger partial charge in [-0.15, -0.1) is 0 Å². The standard InChI is InChI=1S/C65H49N5/c1-3-13-51(14-4-1)63-44-64(52-15-5-2-6-16-52)70-65(69-63)56-37-38-62(68-45-56)55-35-33-50(34-36-55)58-17-7-8-18-59(58)57-42-48(23-21-46-25-29-53(30-26-46)60-19-9-11-39-66-60)41-49(43-57)24-22-47-27-31-54(32-28-47)61-20-10-12-40-67-61/h1-20,25-45H,21-24H2. The van der Waals surface area contributed by atoms with E-state index in [0.717, 1.165) is 93.1 Å². The van der Waals surface area contributed by atoms with Crippen molar-refractivity contribution >= 4 is 0 Å². The van der Waals surface area contributed by atoms with E-state index in [1.165, 1.54) is 38.9 Å². The van der Waals surface area contributed by atoms with Crippen LogP contribution in [0.5, 0.6) is 0 Å². The maximum absolute atomic E-state index is 5.01. The number of benzene rings is 7. The molecule has 0 N–H and O–H groups in total. The molecule has 4 aromatic heterocycles. The quantitative estimate of drug-likeness (QED) is 0.109. The lowest BCUT2D eigenvalue weighted by atomic mass is 9.90. The second-order valence-corrected chi connectivity index (χ2v) is 17.6. The summed E-state index contributed by atoms with van der Waals surface area (Å²) in [6.45, 7) is 0. The van der Waals surface area contributed by atoms with Crippen molar-refractivity contribution in [1.82, 2.24) is 24.9 Å². The minimum absolute atomic E-state index is 0.643. The number of rotatable bonds is 14. The van der Waals surface area contributed by atoms with Crippen LogP contribution in [0.2, 0.25) is 0 Å². The zero-order valence-corrected chi connectivity index (χ0v) is 38.7. The van der Waals surface area contributed by atoms with E-state index in [1.807, 2.05) is 79.3 Å². The Morgan fingerprint density at radius 1 is 0.243 bits per heavy atom. The van der Waals surface area contributed by atoms with Gasteiger partial charge in [-0.05, 0) is 113 Å². The van der Waals surface area contributed by atoms with Gasteiger partial charge in [-0.1, -0.05) is 188 Å². The maximum Gasteiger partial charge on any atom is 0.161 e. The summed E-state index contributed by atoms with van der Waals surface area (Å²) < 4.78 is 0. The average Bonchev–Trinajstić information content (AvgIpc) is 3.45. The van der Waals surface area contributed by atoms with E-state index in [4.69, 9.17) is 15.0 Å². The smallest absolute Gasteiger partial charge is 0.161 e. The Bertz CT molecular complexity index is 3310. The van der Waals surface area contributed by atoms with Crippen LogP contribution >= 0.6 is 0 Å². The van der Waals surface area contributed by atoms with E-state index in [1.54, 1.807) is 0 Å². The third kappa shape index (κ3) is 10.2. The Morgan fingerprint density at radius 2 is 0.643 bits per heavy atom. The van der Waals surface area contributed by atoms with Crippen molar-refractivity contribution in [3.63, 3.8) is 0 Å². The molecule has 0 radical (unpaired) electrons. The molecule has 0 aliphatic carbocycles. The van der Waals surface area contributed by atoms with Gasteiger partial charge in [0.15, 0.2) is 5.82 Å². The zero-order chi connectivity index (χ0) is 46.9. The molecule has 0 saturated carbocycles. The van der Waals surface area contributed by atoms with E-state index < -0.39 is 0 Å². The van der Waals surface area contributed by atoms with Crippen molar-refractivity contribution in [2.75, 3.05) is 0 Å². The van der Waals surface area contributed by atoms with E-state index in [0.29, 0.717) is 5.82 Å². The molecule has 0 aliphatic rings. The minimum Gasteiger partial charge on any atom is -0.256 e. The first-order valence-corrected chi connectivity index (χ1v) is 24.0. The predicted molar refractivity (Wildman–Crippen MR) is 287 cm³/mol. The minimum atomic E-state index is 0.643. The van der Waals surface area contributed by atoms with Crippen LogP contribution in [0.3, 0.4) is 0 Å². The van der Waals surface area contributed by atoms with Crippen molar-refractivity contribution in [3.8, 4) is 89.9 Å². The van der Waals surface area contributed by atoms with E-state index in [2.05, 4.69) is 180 Å². The fraction of sp³-hybridized carbons (Fsp3) is 0.0615. The van der Waals surface area contributed by atoms with Crippen molar-refractivity contribution in [2.45, 2.75) is 25.7 Å². The second-order valence-electron chi connectivity index (χ2n) is 17.6. The molecule has 7 aromatic carbocycles. The van der Waals surface area contributed by atoms with E-state index in [9.17, 15) is 0 Å². The molecule has 0 bridgehead atoms. The van der Waals surface area contributed by atoms with Crippen molar-refractivity contribution < 1.29 is 0 Å². The Hall–Kier alpha value is -8.93. The van der Waals surface area contributed by atoms with Crippen molar-refractivity contribution in [3.05, 3.63) is 271 Å². The van der Waals surface area contributed by atoms with Crippen LogP contribution < -0.4 is 0 Å². The lowest BCUT2D eigenvalue weighted by Crippen LogP contribution is -1.98. The number of hydrogen-bond donors (Lipinski definition) is 0. The van der Waals surface area contributed by atoms with Gasteiger partial charge in [0, 0.05) is 52.0 Å². The molecule has 0 atom stereocenters. The van der Waals surface area contributed by atoms with Crippen LogP contribution in [0.4, 0.5) is 0 Å². The summed E-state index contributed by atoms with van der Waals surface area (Å²) in [6, 6.07) is 81.3. The van der Waals surface area contributed by atoms with Gasteiger partial charge in [-0.3, -0.25) is 15.0 Å². The number of nitrogens with zero attached hydrogens (tertiary/aromatic N) is 5. The van der Waals surface area contributed by atoms with E-state index >= 15 is 0 Å². The first-order chi connectivity index (χ1) is 34.6. The van der Waals surface area contributed by atoms with Gasteiger partial charge >= 0.3 is 0 Å². The monoisotopic (exact) mass is 899 g/mol. The lowest BCUT2D eigenvalue weighted by molar-refractivity contribution is 0.931. The highest BCUT2D eigenvalue weighted by Gasteiger charge is 2.14. The first-order valence-electron chi connectivity index (χ1n) is 24.0.